The largest absolute Gasteiger partial charge is 0.508 e. The highest BCUT2D eigenvalue weighted by Crippen LogP contribution is 2.26. The molecule has 27 N–H and O–H groups in total. The van der Waals surface area contributed by atoms with Crippen molar-refractivity contribution in [2.75, 3.05) is 26.2 Å². The highest BCUT2D eigenvalue weighted by Gasteiger charge is 2.39. The van der Waals surface area contributed by atoms with Crippen LogP contribution in [-0.4, -0.2) is 198 Å². The van der Waals surface area contributed by atoms with Crippen LogP contribution in [-0.2, 0) is 81.6 Å². The number of aromatic hydroxyl groups is 1. The highest BCUT2D eigenvalue weighted by molar-refractivity contribution is 6.00. The van der Waals surface area contributed by atoms with Crippen molar-refractivity contribution in [3.8, 4) is 5.75 Å². The van der Waals surface area contributed by atoms with Crippen LogP contribution in [0.4, 0.5) is 0 Å². The summed E-state index contributed by atoms with van der Waals surface area (Å²) in [7, 11) is 0. The molecule has 0 aliphatic carbocycles. The van der Waals surface area contributed by atoms with Gasteiger partial charge < -0.3 is 103 Å². The number of imidazole rings is 2. The Labute approximate surface area is 704 Å². The molecule has 1 aromatic carbocycles. The van der Waals surface area contributed by atoms with Crippen LogP contribution in [0, 0.1) is 41.4 Å². The smallest absolute Gasteiger partial charge is 0.243 e. The number of phenolic OH excluding ortho intramolecular Hbond substituents is 1. The number of nitrogens with zero attached hydrogens (tertiary/aromatic N) is 5. The molecule has 0 saturated carbocycles. The molecule has 0 radical (unpaired) electrons. The van der Waals surface area contributed by atoms with Gasteiger partial charge >= 0.3 is 0 Å². The molecule has 37 heteroatoms. The fourth-order valence-electron chi connectivity index (χ4n) is 14.1. The van der Waals surface area contributed by atoms with Crippen molar-refractivity contribution in [1.29, 1.82) is 0 Å². The van der Waals surface area contributed by atoms with E-state index in [1.807, 2.05) is 13.8 Å². The van der Waals surface area contributed by atoms with Crippen LogP contribution in [0.1, 0.15) is 238 Å². The SMILES string of the molecule is CCCCCCCCCCCCCCCC(=O)N[C@@H](CCCN=C(N)N)C(=O)N[C@@H](CCCN=C(N)N)C(=O)C[C@@H](CC(C)C)C(=O)N[C@@H](Cc1cnc[nH]1)C(=O)C[C@@H](CO)C(=O)N[C@H](C(=O)C[C@@H](CCCN=C(N)N)C(=O)N[C@@H](CC(N)=O)C(=O)C[C@@H](Cc1ccc(O)cc1)C(=O)N[C@H](C(=O)C[C@@H](Cc1cnc[nH]1)C(N)=O)[C@@H](C)CC)[C@@H](C)O. The Balaban J connectivity index is 1.92. The van der Waals surface area contributed by atoms with Crippen molar-refractivity contribution < 1.29 is 77.6 Å². The lowest BCUT2D eigenvalue weighted by Gasteiger charge is -2.28. The normalized spacial score (nSPS) is 14.5. The van der Waals surface area contributed by atoms with E-state index in [-0.39, 0.29) is 132 Å². The number of Topliss-reactive ketones (excluding diaryl/α,β-unsaturated/α-hetero) is 5. The van der Waals surface area contributed by atoms with E-state index in [1.54, 1.807) is 13.8 Å². The Bertz CT molecular complexity index is 3750. The van der Waals surface area contributed by atoms with Crippen LogP contribution < -0.4 is 77.8 Å². The zero-order valence-electron chi connectivity index (χ0n) is 71.0. The Morgan fingerprint density at radius 2 is 0.867 bits per heavy atom. The van der Waals surface area contributed by atoms with Crippen LogP contribution in [0.5, 0.6) is 5.75 Å². The molecule has 0 aliphatic heterocycles. The van der Waals surface area contributed by atoms with E-state index in [1.165, 1.54) is 101 Å². The number of aliphatic hydroxyl groups is 2. The minimum atomic E-state index is -1.84. The van der Waals surface area contributed by atoms with Gasteiger partial charge in [-0.25, -0.2) is 9.97 Å². The third-order valence-electron chi connectivity index (χ3n) is 21.1. The first-order valence-corrected chi connectivity index (χ1v) is 42.3. The molecule has 0 aliphatic rings. The number of primary amides is 2. The first-order valence-electron chi connectivity index (χ1n) is 42.3. The molecule has 0 saturated heterocycles. The first-order chi connectivity index (χ1) is 57.0. The summed E-state index contributed by atoms with van der Waals surface area (Å²) in [6.07, 6.45) is 15.1. The van der Waals surface area contributed by atoms with Gasteiger partial charge in [0.2, 0.25) is 47.3 Å². The van der Waals surface area contributed by atoms with Crippen LogP contribution in [0.2, 0.25) is 0 Å². The predicted molar refractivity (Wildman–Crippen MR) is 454 cm³/mol. The number of carbonyl (C=O) groups is 13. The number of aromatic amines is 2. The summed E-state index contributed by atoms with van der Waals surface area (Å²) in [6.45, 7) is 9.57. The van der Waals surface area contributed by atoms with Crippen LogP contribution in [0.25, 0.3) is 0 Å². The van der Waals surface area contributed by atoms with E-state index < -0.39 is 187 Å². The first kappa shape index (κ1) is 103. The Hall–Kier alpha value is -10.7. The lowest BCUT2D eigenvalue weighted by atomic mass is 9.86. The molecule has 120 heavy (non-hydrogen) atoms. The van der Waals surface area contributed by atoms with Gasteiger partial charge in [0.1, 0.15) is 17.8 Å². The Kier molecular flexibility index (Phi) is 49.5. The highest BCUT2D eigenvalue weighted by atomic mass is 16.3. The molecule has 0 unspecified atom stereocenters. The second-order valence-corrected chi connectivity index (χ2v) is 31.9. The maximum atomic E-state index is 14.8. The summed E-state index contributed by atoms with van der Waals surface area (Å²) < 4.78 is 0. The second kappa shape index (κ2) is 57.5. The molecule has 3 rings (SSSR count). The van der Waals surface area contributed by atoms with Gasteiger partial charge in [-0.1, -0.05) is 130 Å². The molecule has 8 amide bonds. The van der Waals surface area contributed by atoms with E-state index >= 15 is 0 Å². The fraction of sp³-hybridized carbons (Fsp3) is 0.663. The van der Waals surface area contributed by atoms with Gasteiger partial charge in [-0.2, -0.15) is 0 Å². The van der Waals surface area contributed by atoms with Gasteiger partial charge in [-0.3, -0.25) is 77.3 Å². The maximum absolute atomic E-state index is 14.8. The number of phenols is 1. The molecule has 0 spiro atoms. The number of hydrogen-bond acceptors (Lipinski definition) is 21. The van der Waals surface area contributed by atoms with Crippen LogP contribution in [0.15, 0.2) is 64.3 Å². The van der Waals surface area contributed by atoms with Gasteiger partial charge in [0, 0.05) is 113 Å². The number of aromatic nitrogens is 4. The molecule has 670 valence electrons. The quantitative estimate of drug-likeness (QED) is 0.0219. The van der Waals surface area contributed by atoms with Gasteiger partial charge in [0.25, 0.3) is 0 Å². The van der Waals surface area contributed by atoms with Crippen molar-refractivity contribution >= 4 is 94.1 Å². The molecule has 37 nitrogen and oxygen atoms in total. The number of unbranched alkanes of at least 4 members (excludes halogenated alkanes) is 12. The number of guanidine groups is 3. The molecule has 0 bridgehead atoms. The Morgan fingerprint density at radius 1 is 0.433 bits per heavy atom. The fourth-order valence-corrected chi connectivity index (χ4v) is 14.1. The number of hydrogen-bond donors (Lipinski definition) is 19. The second-order valence-electron chi connectivity index (χ2n) is 31.9. The number of aliphatic hydroxyl groups excluding tert-OH is 2. The van der Waals surface area contributed by atoms with Crippen molar-refractivity contribution in [3.05, 3.63) is 66.3 Å². The number of ketones is 5. The summed E-state index contributed by atoms with van der Waals surface area (Å²) in [5, 5.41) is 48.3. The average Bonchev–Trinajstić information content (AvgIpc) is 1.06. The number of rotatable bonds is 67. The number of amides is 8. The third kappa shape index (κ3) is 42.3. The summed E-state index contributed by atoms with van der Waals surface area (Å²) in [5.74, 6) is -18.4. The summed E-state index contributed by atoms with van der Waals surface area (Å²) >= 11 is 0. The van der Waals surface area contributed by atoms with Crippen molar-refractivity contribution in [2.24, 2.45) is 102 Å². The van der Waals surface area contributed by atoms with Gasteiger partial charge in [0.05, 0.1) is 67.8 Å². The number of nitrogens with two attached hydrogens (primary N) is 8. The zero-order chi connectivity index (χ0) is 89.2. The zero-order valence-corrected chi connectivity index (χ0v) is 71.0. The summed E-state index contributed by atoms with van der Waals surface area (Å²) in [4.78, 5) is 210. The van der Waals surface area contributed by atoms with E-state index in [0.29, 0.717) is 29.8 Å². The lowest BCUT2D eigenvalue weighted by Crippen LogP contribution is -2.53. The number of benzene rings is 1. The Morgan fingerprint density at radius 3 is 1.37 bits per heavy atom. The van der Waals surface area contributed by atoms with E-state index in [9.17, 15) is 77.6 Å². The molecular formula is C83H137N21O16. The van der Waals surface area contributed by atoms with E-state index in [0.717, 1.165) is 32.6 Å². The number of carbonyl (C=O) groups excluding carboxylic acids is 13. The molecule has 2 aromatic heterocycles. The maximum Gasteiger partial charge on any atom is 0.243 e. The number of aliphatic imine (C=N–C) groups is 3. The van der Waals surface area contributed by atoms with Gasteiger partial charge in [-0.05, 0) is 94.2 Å². The molecule has 13 atom stereocenters. The minimum absolute atomic E-state index is 0.00148. The van der Waals surface area contributed by atoms with Crippen molar-refractivity contribution in [3.63, 3.8) is 0 Å². The van der Waals surface area contributed by atoms with Crippen LogP contribution in [0.3, 0.4) is 0 Å². The van der Waals surface area contributed by atoms with E-state index in [2.05, 4.69) is 73.7 Å². The van der Waals surface area contributed by atoms with Crippen molar-refractivity contribution in [2.45, 2.75) is 283 Å². The molecule has 3 aromatic rings. The average molecular weight is 1690 g/mol. The topological polar surface area (TPSA) is 657 Å². The lowest BCUT2D eigenvalue weighted by molar-refractivity contribution is -0.138. The predicted octanol–water partition coefficient (Wildman–Crippen LogP) is 2.12. The van der Waals surface area contributed by atoms with Gasteiger partial charge in [-0.15, -0.1) is 0 Å². The monoisotopic (exact) mass is 1680 g/mol. The minimum Gasteiger partial charge on any atom is -0.508 e. The summed E-state index contributed by atoms with van der Waals surface area (Å²) in [6, 6.07) is -2.91. The summed E-state index contributed by atoms with van der Waals surface area (Å²) in [5.41, 5.74) is 46.4. The number of nitrogens with one attached hydrogen (secondary N) is 8. The molecular weight excluding hydrogens is 1550 g/mol. The molecule has 0 fully saturated rings. The molecule has 2 heterocycles. The standard InChI is InChI=1S/C83H137N21O16/c1-7-9-10-11-12-13-14-15-16-17-18-19-20-27-72(114)99-63(26-23-34-96-83(90)91)80(120)100-62(25-22-33-95-82(88)89)66(108)40-56(35-50(3)4)77(117)101-64(43-60-46-93-49-98-60)68(110)42-58(47-105)79(119)104-74(52(6)106)70(112)38-54(24-21-32-94-81(86)87)76(116)102-65(44-71(84)113)67(109)41-57(36-53-28-30-61(107)31-29-53)78(118)103-73(51(5)8-2)69(111)39-55(75(85)115)37-59-45-92-48-97-59/h28-31,45-46,48-52,54-58,62-65,73-74,105-107H,7-27,32-44,47H2,1-6H3,(H2,84,113)(H2,85,115)(H,92,97)(H,93,98)(H,99,114)(H,100,120)(H,101,117)(H,102,116)(H,103,118)(H,104,119)(H4,86,87,94)(H4,88,89,95)(H4,90,91,96)/t51-,52+,54+,55+,56+,57+,58-,62-,63-,64-,65-,73-,74-/m0/s1. The third-order valence-corrected chi connectivity index (χ3v) is 21.1. The van der Waals surface area contributed by atoms with Crippen molar-refractivity contribution in [1.82, 2.24) is 51.8 Å². The van der Waals surface area contributed by atoms with Crippen LogP contribution >= 0.6 is 0 Å². The van der Waals surface area contributed by atoms with Gasteiger partial charge in [0.15, 0.2) is 46.8 Å². The number of H-pyrrole nitrogens is 2. The van der Waals surface area contributed by atoms with E-state index in [4.69, 9.17) is 45.9 Å².